The molecule has 0 amide bonds. The molecule has 1 aliphatic carbocycles. The molecule has 0 aliphatic heterocycles. The van der Waals surface area contributed by atoms with E-state index in [0.717, 1.165) is 25.7 Å². The van der Waals surface area contributed by atoms with Gasteiger partial charge in [-0.1, -0.05) is 26.0 Å². The molecule has 0 bridgehead atoms. The Bertz CT molecular complexity index is 347. The lowest BCUT2D eigenvalue weighted by molar-refractivity contribution is 0.719. The Morgan fingerprint density at radius 1 is 1.20 bits per heavy atom. The molecule has 1 aromatic rings. The molecule has 0 spiro atoms. The molecule has 0 heterocycles. The molecular formula is C13H20ClN. The van der Waals surface area contributed by atoms with Gasteiger partial charge in [-0.15, -0.1) is 12.4 Å². The maximum absolute atomic E-state index is 6.00. The van der Waals surface area contributed by atoms with E-state index in [1.54, 1.807) is 0 Å². The van der Waals surface area contributed by atoms with Gasteiger partial charge in [0.2, 0.25) is 0 Å². The van der Waals surface area contributed by atoms with Crippen molar-refractivity contribution < 1.29 is 0 Å². The number of rotatable bonds is 2. The number of benzene rings is 1. The first-order chi connectivity index (χ1) is 6.74. The highest BCUT2D eigenvalue weighted by Gasteiger charge is 2.20. The number of hydrogen-bond acceptors (Lipinski definition) is 1. The van der Waals surface area contributed by atoms with Crippen molar-refractivity contribution in [1.29, 1.82) is 0 Å². The third-order valence-electron chi connectivity index (χ3n) is 3.23. The number of halogens is 1. The Morgan fingerprint density at radius 2 is 1.93 bits per heavy atom. The zero-order valence-corrected chi connectivity index (χ0v) is 10.4. The quantitative estimate of drug-likeness (QED) is 0.823. The van der Waals surface area contributed by atoms with Crippen LogP contribution in [0.25, 0.3) is 0 Å². The van der Waals surface area contributed by atoms with Gasteiger partial charge in [0.15, 0.2) is 0 Å². The molecule has 1 unspecified atom stereocenters. The number of hydrogen-bond donors (Lipinski definition) is 1. The van der Waals surface area contributed by atoms with Crippen LogP contribution in [0.2, 0.25) is 0 Å². The van der Waals surface area contributed by atoms with Crippen molar-refractivity contribution in [2.75, 3.05) is 0 Å². The molecule has 15 heavy (non-hydrogen) atoms. The summed E-state index contributed by atoms with van der Waals surface area (Å²) in [6, 6.07) is 5.07. The van der Waals surface area contributed by atoms with Crippen LogP contribution in [0.3, 0.4) is 0 Å². The molecule has 1 aromatic carbocycles. The third-order valence-corrected chi connectivity index (χ3v) is 3.23. The van der Waals surface area contributed by atoms with Crippen molar-refractivity contribution in [3.63, 3.8) is 0 Å². The maximum Gasteiger partial charge on any atom is 0.0120 e. The second-order valence-electron chi connectivity index (χ2n) is 4.27. The van der Waals surface area contributed by atoms with Crippen LogP contribution < -0.4 is 5.73 Å². The van der Waals surface area contributed by atoms with Gasteiger partial charge in [0.25, 0.3) is 0 Å². The highest BCUT2D eigenvalue weighted by atomic mass is 35.5. The van der Waals surface area contributed by atoms with E-state index in [-0.39, 0.29) is 12.4 Å². The fraction of sp³-hybridized carbons (Fsp3) is 0.538. The first-order valence-electron chi connectivity index (χ1n) is 5.63. The molecule has 2 heteroatoms. The summed E-state index contributed by atoms with van der Waals surface area (Å²) in [6.07, 6.45) is 4.44. The number of nitrogens with two attached hydrogens (primary N) is 1. The van der Waals surface area contributed by atoms with Crippen molar-refractivity contribution in [3.8, 4) is 0 Å². The fourth-order valence-corrected chi connectivity index (χ4v) is 2.45. The molecule has 1 atom stereocenters. The van der Waals surface area contributed by atoms with Crippen molar-refractivity contribution in [2.24, 2.45) is 5.73 Å². The predicted molar refractivity (Wildman–Crippen MR) is 67.8 cm³/mol. The second kappa shape index (κ2) is 5.00. The van der Waals surface area contributed by atoms with Crippen LogP contribution in [0.5, 0.6) is 0 Å². The van der Waals surface area contributed by atoms with E-state index in [2.05, 4.69) is 26.0 Å². The average Bonchev–Trinajstić information content (AvgIpc) is 2.56. The third kappa shape index (κ3) is 2.35. The molecular weight excluding hydrogens is 206 g/mol. The molecule has 0 saturated carbocycles. The summed E-state index contributed by atoms with van der Waals surface area (Å²) in [4.78, 5) is 0. The summed E-state index contributed by atoms with van der Waals surface area (Å²) in [5.41, 5.74) is 12.0. The molecule has 0 saturated heterocycles. The van der Waals surface area contributed by atoms with Crippen LogP contribution >= 0.6 is 12.4 Å². The summed E-state index contributed by atoms with van der Waals surface area (Å²) >= 11 is 0. The number of fused-ring (bicyclic) bond motifs is 1. The average molecular weight is 226 g/mol. The van der Waals surface area contributed by atoms with Crippen molar-refractivity contribution in [3.05, 3.63) is 34.4 Å². The number of aryl methyl sites for hydroxylation is 2. The first-order valence-corrected chi connectivity index (χ1v) is 5.63. The summed E-state index contributed by atoms with van der Waals surface area (Å²) < 4.78 is 0. The van der Waals surface area contributed by atoms with Crippen LogP contribution in [0.1, 0.15) is 36.1 Å². The van der Waals surface area contributed by atoms with Crippen LogP contribution in [0, 0.1) is 0 Å². The highest BCUT2D eigenvalue weighted by Crippen LogP contribution is 2.27. The Kier molecular flexibility index (Phi) is 4.18. The lowest BCUT2D eigenvalue weighted by atomic mass is 9.97. The van der Waals surface area contributed by atoms with E-state index < -0.39 is 0 Å². The van der Waals surface area contributed by atoms with Gasteiger partial charge >= 0.3 is 0 Å². The van der Waals surface area contributed by atoms with Gasteiger partial charge < -0.3 is 5.73 Å². The molecule has 0 radical (unpaired) electrons. The minimum Gasteiger partial charge on any atom is -0.327 e. The van der Waals surface area contributed by atoms with Gasteiger partial charge in [-0.3, -0.25) is 0 Å². The first kappa shape index (κ1) is 12.5. The maximum atomic E-state index is 6.00. The minimum atomic E-state index is 0. The van der Waals surface area contributed by atoms with E-state index in [1.165, 1.54) is 22.3 Å². The topological polar surface area (TPSA) is 26.0 Å². The van der Waals surface area contributed by atoms with Crippen LogP contribution in [-0.4, -0.2) is 6.04 Å². The van der Waals surface area contributed by atoms with Crippen LogP contribution in [0.4, 0.5) is 0 Å². The van der Waals surface area contributed by atoms with Gasteiger partial charge in [-0.25, -0.2) is 0 Å². The smallest absolute Gasteiger partial charge is 0.0120 e. The zero-order valence-electron chi connectivity index (χ0n) is 9.55. The fourth-order valence-electron chi connectivity index (χ4n) is 2.45. The standard InChI is InChI=1S/C13H19N.ClH/c1-3-9-5-10(4-2)13-8-12(14)7-11(13)6-9;/h5-6,12H,3-4,7-8,14H2,1-2H3;1H. The zero-order chi connectivity index (χ0) is 10.1. The van der Waals surface area contributed by atoms with Crippen molar-refractivity contribution >= 4 is 12.4 Å². The highest BCUT2D eigenvalue weighted by molar-refractivity contribution is 5.85. The van der Waals surface area contributed by atoms with Crippen LogP contribution in [0.15, 0.2) is 12.1 Å². The van der Waals surface area contributed by atoms with E-state index in [9.17, 15) is 0 Å². The summed E-state index contributed by atoms with van der Waals surface area (Å²) in [5.74, 6) is 0. The monoisotopic (exact) mass is 225 g/mol. The van der Waals surface area contributed by atoms with Crippen LogP contribution in [-0.2, 0) is 25.7 Å². The van der Waals surface area contributed by atoms with Crippen molar-refractivity contribution in [1.82, 2.24) is 0 Å². The molecule has 1 aliphatic rings. The largest absolute Gasteiger partial charge is 0.327 e. The molecule has 2 rings (SSSR count). The lowest BCUT2D eigenvalue weighted by Crippen LogP contribution is -2.19. The van der Waals surface area contributed by atoms with Gasteiger partial charge in [0.05, 0.1) is 0 Å². The van der Waals surface area contributed by atoms with Gasteiger partial charge in [-0.2, -0.15) is 0 Å². The van der Waals surface area contributed by atoms with E-state index in [1.807, 2.05) is 0 Å². The lowest BCUT2D eigenvalue weighted by Gasteiger charge is -2.08. The molecule has 0 fully saturated rings. The van der Waals surface area contributed by atoms with E-state index >= 15 is 0 Å². The van der Waals surface area contributed by atoms with Crippen molar-refractivity contribution in [2.45, 2.75) is 45.6 Å². The molecule has 0 aromatic heterocycles. The van der Waals surface area contributed by atoms with Gasteiger partial charge in [0, 0.05) is 6.04 Å². The molecule has 84 valence electrons. The Labute approximate surface area is 98.5 Å². The van der Waals surface area contributed by atoms with E-state index in [4.69, 9.17) is 5.73 Å². The summed E-state index contributed by atoms with van der Waals surface area (Å²) in [7, 11) is 0. The Balaban J connectivity index is 0.00000112. The SMILES string of the molecule is CCc1cc(CC)c2c(c1)CC(N)C2.Cl. The second-order valence-corrected chi connectivity index (χ2v) is 4.27. The summed E-state index contributed by atoms with van der Waals surface area (Å²) in [5, 5.41) is 0. The minimum absolute atomic E-state index is 0. The normalized spacial score (nSPS) is 18.5. The Hall–Kier alpha value is -0.530. The van der Waals surface area contributed by atoms with E-state index in [0.29, 0.717) is 6.04 Å². The molecule has 2 N–H and O–H groups in total. The Morgan fingerprint density at radius 3 is 2.53 bits per heavy atom. The summed E-state index contributed by atoms with van der Waals surface area (Å²) in [6.45, 7) is 4.45. The predicted octanol–water partition coefficient (Wildman–Crippen LogP) is 2.66. The van der Waals surface area contributed by atoms with Gasteiger partial charge in [-0.05, 0) is 47.9 Å². The van der Waals surface area contributed by atoms with Gasteiger partial charge in [0.1, 0.15) is 0 Å². The molecule has 1 nitrogen and oxygen atoms in total.